The van der Waals surface area contributed by atoms with Gasteiger partial charge in [0.1, 0.15) is 5.82 Å². The monoisotopic (exact) mass is 491 g/mol. The molecule has 4 heterocycles. The van der Waals surface area contributed by atoms with Gasteiger partial charge in [0.25, 0.3) is 5.91 Å². The molecule has 1 fully saturated rings. The van der Waals surface area contributed by atoms with Gasteiger partial charge in [0.05, 0.1) is 35.8 Å². The number of nitrogens with two attached hydrogens (primary N) is 1. The highest BCUT2D eigenvalue weighted by molar-refractivity contribution is 6.01. The minimum absolute atomic E-state index is 0.0999. The molecule has 2 aliphatic heterocycles. The molecule has 0 unspecified atom stereocenters. The number of aromatic nitrogens is 3. The lowest BCUT2D eigenvalue weighted by Crippen LogP contribution is -2.45. The Balaban J connectivity index is 1.51. The highest BCUT2D eigenvalue weighted by Crippen LogP contribution is 2.36. The van der Waals surface area contributed by atoms with Crippen LogP contribution in [-0.4, -0.2) is 58.4 Å². The molecule has 186 valence electrons. The molecule has 10 nitrogen and oxygen atoms in total. The van der Waals surface area contributed by atoms with Crippen LogP contribution in [0.3, 0.4) is 0 Å². The Hall–Kier alpha value is -4.12. The maximum atomic E-state index is 14.3. The number of nitrogens with one attached hydrogen (secondary N) is 1. The largest absolute Gasteiger partial charge is 0.481 e. The van der Waals surface area contributed by atoms with E-state index in [0.29, 0.717) is 46.3 Å². The SMILES string of the molecule is COc1cccc(-c2cc(F)ccc2[C@H]2Cc3nc(N)nc(C)c3C(NOCC(=O)N3CCC3)=N2)n1. The van der Waals surface area contributed by atoms with Gasteiger partial charge in [-0.15, -0.1) is 0 Å². The van der Waals surface area contributed by atoms with Gasteiger partial charge in [-0.3, -0.25) is 14.6 Å². The van der Waals surface area contributed by atoms with E-state index in [2.05, 4.69) is 20.4 Å². The van der Waals surface area contributed by atoms with Crippen molar-refractivity contribution in [2.45, 2.75) is 25.8 Å². The first kappa shape index (κ1) is 23.6. The number of aryl methyl sites for hydroxylation is 1. The number of amides is 1. The number of methoxy groups -OCH3 is 1. The van der Waals surface area contributed by atoms with E-state index in [9.17, 15) is 9.18 Å². The number of amidine groups is 1. The zero-order valence-electron chi connectivity index (χ0n) is 20.0. The number of anilines is 1. The van der Waals surface area contributed by atoms with E-state index in [1.807, 2.05) is 6.92 Å². The lowest BCUT2D eigenvalue weighted by Gasteiger charge is -2.31. The summed E-state index contributed by atoms with van der Waals surface area (Å²) >= 11 is 0. The van der Waals surface area contributed by atoms with E-state index in [0.717, 1.165) is 25.1 Å². The summed E-state index contributed by atoms with van der Waals surface area (Å²) in [7, 11) is 1.53. The lowest BCUT2D eigenvalue weighted by molar-refractivity contribution is -0.141. The number of hydrogen-bond acceptors (Lipinski definition) is 9. The Labute approximate surface area is 207 Å². The molecule has 2 aliphatic rings. The van der Waals surface area contributed by atoms with Crippen molar-refractivity contribution in [2.24, 2.45) is 4.99 Å². The summed E-state index contributed by atoms with van der Waals surface area (Å²) < 4.78 is 19.6. The highest BCUT2D eigenvalue weighted by Gasteiger charge is 2.29. The van der Waals surface area contributed by atoms with Crippen molar-refractivity contribution in [3.05, 3.63) is 64.7 Å². The molecule has 0 radical (unpaired) electrons. The topological polar surface area (TPSA) is 128 Å². The van der Waals surface area contributed by atoms with Crippen LogP contribution in [0, 0.1) is 12.7 Å². The standard InChI is InChI=1S/C25H26FN7O3/c1-14-23-20(31-25(27)28-14)12-19(30-24(23)32-36-13-22(34)33-9-4-10-33)16-8-7-15(26)11-17(16)18-5-3-6-21(29-18)35-2/h3,5-8,11,19H,4,9-10,12-13H2,1-2H3,(H,30,32)(H2,27,28,31)/t19-/m1/s1. The van der Waals surface area contributed by atoms with Crippen LogP contribution in [0.5, 0.6) is 5.88 Å². The van der Waals surface area contributed by atoms with Gasteiger partial charge in [-0.1, -0.05) is 12.1 Å². The average molecular weight is 492 g/mol. The van der Waals surface area contributed by atoms with Gasteiger partial charge >= 0.3 is 0 Å². The van der Waals surface area contributed by atoms with Gasteiger partial charge in [-0.2, -0.15) is 0 Å². The second-order valence-electron chi connectivity index (χ2n) is 8.61. The highest BCUT2D eigenvalue weighted by atomic mass is 19.1. The number of ether oxygens (including phenoxy) is 1. The fraction of sp³-hybridized carbons (Fsp3) is 0.320. The number of halogens is 1. The van der Waals surface area contributed by atoms with E-state index in [1.54, 1.807) is 29.2 Å². The molecule has 0 aliphatic carbocycles. The Bertz CT molecular complexity index is 1340. The second kappa shape index (κ2) is 9.86. The second-order valence-corrected chi connectivity index (χ2v) is 8.61. The number of benzene rings is 1. The molecule has 0 bridgehead atoms. The number of nitrogens with zero attached hydrogens (tertiary/aromatic N) is 5. The molecule has 1 saturated heterocycles. The average Bonchev–Trinajstić information content (AvgIpc) is 2.82. The Morgan fingerprint density at radius 2 is 2.06 bits per heavy atom. The number of hydroxylamine groups is 1. The predicted octanol–water partition coefficient (Wildman–Crippen LogP) is 2.37. The molecule has 0 spiro atoms. The first-order valence-electron chi connectivity index (χ1n) is 11.6. The first-order chi connectivity index (χ1) is 17.4. The van der Waals surface area contributed by atoms with Gasteiger partial charge < -0.3 is 15.4 Å². The van der Waals surface area contributed by atoms with Crippen LogP contribution in [0.15, 0.2) is 41.4 Å². The molecular weight excluding hydrogens is 465 g/mol. The van der Waals surface area contributed by atoms with Crippen molar-refractivity contribution in [1.82, 2.24) is 25.3 Å². The molecule has 1 atom stereocenters. The van der Waals surface area contributed by atoms with Crippen LogP contribution >= 0.6 is 0 Å². The maximum absolute atomic E-state index is 14.3. The molecule has 36 heavy (non-hydrogen) atoms. The number of hydrogen-bond donors (Lipinski definition) is 2. The van der Waals surface area contributed by atoms with E-state index >= 15 is 0 Å². The molecule has 2 aromatic heterocycles. The van der Waals surface area contributed by atoms with Gasteiger partial charge in [0, 0.05) is 31.1 Å². The fourth-order valence-corrected chi connectivity index (χ4v) is 4.36. The lowest BCUT2D eigenvalue weighted by atomic mass is 9.91. The van der Waals surface area contributed by atoms with Crippen molar-refractivity contribution < 1.29 is 18.8 Å². The predicted molar refractivity (Wildman–Crippen MR) is 131 cm³/mol. The number of carbonyl (C=O) groups is 1. The third kappa shape index (κ3) is 4.69. The van der Waals surface area contributed by atoms with Crippen molar-refractivity contribution in [1.29, 1.82) is 0 Å². The van der Waals surface area contributed by atoms with Gasteiger partial charge in [0.2, 0.25) is 11.8 Å². The molecular formula is C25H26FN7O3. The van der Waals surface area contributed by atoms with Crippen molar-refractivity contribution in [2.75, 3.05) is 32.5 Å². The van der Waals surface area contributed by atoms with Crippen LogP contribution in [0.25, 0.3) is 11.3 Å². The Morgan fingerprint density at radius 1 is 1.22 bits per heavy atom. The van der Waals surface area contributed by atoms with Crippen LogP contribution in [0.1, 0.15) is 35.0 Å². The van der Waals surface area contributed by atoms with Crippen LogP contribution in [-0.2, 0) is 16.1 Å². The summed E-state index contributed by atoms with van der Waals surface area (Å²) in [6.07, 6.45) is 1.41. The van der Waals surface area contributed by atoms with E-state index in [-0.39, 0.29) is 18.5 Å². The molecule has 11 heteroatoms. The van der Waals surface area contributed by atoms with Crippen LogP contribution in [0.2, 0.25) is 0 Å². The number of carbonyl (C=O) groups excluding carboxylic acids is 1. The normalized spacial score (nSPS) is 16.6. The van der Waals surface area contributed by atoms with Gasteiger partial charge in [0.15, 0.2) is 12.4 Å². The molecule has 1 aromatic carbocycles. The number of aliphatic imine (C=N–C) groups is 1. The van der Waals surface area contributed by atoms with E-state index < -0.39 is 11.9 Å². The number of nitrogen functional groups attached to an aromatic ring is 1. The summed E-state index contributed by atoms with van der Waals surface area (Å²) in [5.74, 6) is 0.446. The van der Waals surface area contributed by atoms with E-state index in [1.165, 1.54) is 19.2 Å². The van der Waals surface area contributed by atoms with Crippen LogP contribution in [0.4, 0.5) is 10.3 Å². The van der Waals surface area contributed by atoms with Gasteiger partial charge in [-0.05, 0) is 37.1 Å². The third-order valence-electron chi connectivity index (χ3n) is 6.25. The summed E-state index contributed by atoms with van der Waals surface area (Å²) in [5.41, 5.74) is 12.6. The summed E-state index contributed by atoms with van der Waals surface area (Å²) in [5, 5.41) is 0. The molecule has 3 aromatic rings. The van der Waals surface area contributed by atoms with Crippen LogP contribution < -0.4 is 16.0 Å². The number of likely N-dealkylation sites (tertiary alicyclic amines) is 1. The van der Waals surface area contributed by atoms with E-state index in [4.69, 9.17) is 20.3 Å². The Kier molecular flexibility index (Phi) is 6.47. The maximum Gasteiger partial charge on any atom is 0.251 e. The number of pyridine rings is 1. The summed E-state index contributed by atoms with van der Waals surface area (Å²) in [6.45, 7) is 3.16. The zero-order chi connectivity index (χ0) is 25.2. The van der Waals surface area contributed by atoms with Crippen molar-refractivity contribution in [3.63, 3.8) is 0 Å². The molecule has 5 rings (SSSR count). The zero-order valence-corrected chi connectivity index (χ0v) is 20.0. The minimum Gasteiger partial charge on any atom is -0.481 e. The number of fused-ring (bicyclic) bond motifs is 1. The molecule has 3 N–H and O–H groups in total. The van der Waals surface area contributed by atoms with Crippen molar-refractivity contribution >= 4 is 17.7 Å². The quantitative estimate of drug-likeness (QED) is 0.503. The number of rotatable bonds is 6. The third-order valence-corrected chi connectivity index (χ3v) is 6.25. The first-order valence-corrected chi connectivity index (χ1v) is 11.6. The van der Waals surface area contributed by atoms with Crippen molar-refractivity contribution in [3.8, 4) is 17.1 Å². The summed E-state index contributed by atoms with van der Waals surface area (Å²) in [4.78, 5) is 37.5. The minimum atomic E-state index is -0.452. The smallest absolute Gasteiger partial charge is 0.251 e. The molecule has 0 saturated carbocycles. The molecule has 1 amide bonds. The van der Waals surface area contributed by atoms with Gasteiger partial charge in [-0.25, -0.2) is 24.8 Å². The summed E-state index contributed by atoms with van der Waals surface area (Å²) in [6, 6.07) is 9.36. The fourth-order valence-electron chi connectivity index (χ4n) is 4.36. The Morgan fingerprint density at radius 3 is 2.81 bits per heavy atom.